The minimum Gasteiger partial charge on any atom is -0.496 e. The average Bonchev–Trinajstić information content (AvgIpc) is 2.58. The second-order valence-electron chi connectivity index (χ2n) is 5.78. The highest BCUT2D eigenvalue weighted by Crippen LogP contribution is 2.25. The minimum absolute atomic E-state index is 0.311. The van der Waals surface area contributed by atoms with Gasteiger partial charge in [0, 0.05) is 10.0 Å². The maximum Gasteiger partial charge on any atom is 0.241 e. The Morgan fingerprint density at radius 3 is 2.54 bits per heavy atom. The highest BCUT2D eigenvalue weighted by Gasteiger charge is 2.22. The molecule has 0 aliphatic carbocycles. The van der Waals surface area contributed by atoms with E-state index in [4.69, 9.17) is 4.74 Å². The van der Waals surface area contributed by atoms with Gasteiger partial charge >= 0.3 is 0 Å². The van der Waals surface area contributed by atoms with E-state index in [9.17, 15) is 13.2 Å². The van der Waals surface area contributed by atoms with Crippen molar-refractivity contribution >= 4 is 37.5 Å². The van der Waals surface area contributed by atoms with Crippen LogP contribution < -0.4 is 14.4 Å². The van der Waals surface area contributed by atoms with Gasteiger partial charge in [0.1, 0.15) is 12.3 Å². The second-order valence-corrected chi connectivity index (χ2v) is 8.60. The first-order chi connectivity index (χ1) is 12.2. The van der Waals surface area contributed by atoms with Crippen LogP contribution in [0.25, 0.3) is 0 Å². The van der Waals surface area contributed by atoms with Crippen molar-refractivity contribution in [1.29, 1.82) is 0 Å². The summed E-state index contributed by atoms with van der Waals surface area (Å²) < 4.78 is 31.4. The number of carbonyl (C=O) groups is 1. The van der Waals surface area contributed by atoms with E-state index in [1.54, 1.807) is 31.4 Å². The molecule has 0 saturated carbocycles. The van der Waals surface area contributed by atoms with Crippen molar-refractivity contribution in [2.45, 2.75) is 13.0 Å². The fraction of sp³-hybridized carbons (Fsp3) is 0.278. The number of hydrogen-bond acceptors (Lipinski definition) is 4. The van der Waals surface area contributed by atoms with Gasteiger partial charge in [-0.25, -0.2) is 8.42 Å². The molecule has 6 nitrogen and oxygen atoms in total. The van der Waals surface area contributed by atoms with Crippen molar-refractivity contribution in [3.63, 3.8) is 0 Å². The quantitative estimate of drug-likeness (QED) is 0.717. The number of amides is 1. The van der Waals surface area contributed by atoms with Crippen LogP contribution in [-0.2, 0) is 14.8 Å². The summed E-state index contributed by atoms with van der Waals surface area (Å²) in [6.45, 7) is 1.51. The predicted molar refractivity (Wildman–Crippen MR) is 106 cm³/mol. The summed E-state index contributed by atoms with van der Waals surface area (Å²) in [5, 5.41) is 2.82. The summed E-state index contributed by atoms with van der Waals surface area (Å²) in [5.41, 5.74) is 1.23. The molecule has 0 aliphatic heterocycles. The molecule has 0 aromatic heterocycles. The van der Waals surface area contributed by atoms with Gasteiger partial charge in [0.25, 0.3) is 0 Å². The number of hydrogen-bond donors (Lipinski definition) is 1. The molecule has 0 aliphatic rings. The predicted octanol–water partition coefficient (Wildman–Crippen LogP) is 3.10. The fourth-order valence-corrected chi connectivity index (χ4v) is 3.79. The third kappa shape index (κ3) is 5.22. The summed E-state index contributed by atoms with van der Waals surface area (Å²) in [5.74, 6) is 0.251. The van der Waals surface area contributed by atoms with Crippen molar-refractivity contribution in [1.82, 2.24) is 5.32 Å². The van der Waals surface area contributed by atoms with E-state index in [2.05, 4.69) is 21.2 Å². The van der Waals surface area contributed by atoms with Gasteiger partial charge in [-0.2, -0.15) is 0 Å². The zero-order chi connectivity index (χ0) is 19.3. The first-order valence-electron chi connectivity index (χ1n) is 7.88. The van der Waals surface area contributed by atoms with E-state index in [0.717, 1.165) is 20.6 Å². The second kappa shape index (κ2) is 8.55. The molecular weight excluding hydrogens is 420 g/mol. The van der Waals surface area contributed by atoms with Crippen molar-refractivity contribution in [3.8, 4) is 5.75 Å². The number of benzene rings is 2. The van der Waals surface area contributed by atoms with Crippen LogP contribution in [0.5, 0.6) is 5.75 Å². The maximum atomic E-state index is 12.5. The molecular formula is C18H21BrN2O4S. The molecule has 0 bridgehead atoms. The Bertz CT molecular complexity index is 886. The molecule has 26 heavy (non-hydrogen) atoms. The summed E-state index contributed by atoms with van der Waals surface area (Å²) in [4.78, 5) is 12.5. The van der Waals surface area contributed by atoms with Gasteiger partial charge in [-0.1, -0.05) is 40.2 Å². The largest absolute Gasteiger partial charge is 0.496 e. The van der Waals surface area contributed by atoms with Crippen LogP contribution in [0, 0.1) is 0 Å². The Hall–Kier alpha value is -2.06. The van der Waals surface area contributed by atoms with E-state index < -0.39 is 15.9 Å². The molecule has 0 unspecified atom stereocenters. The summed E-state index contributed by atoms with van der Waals surface area (Å²) in [7, 11) is -2.05. The van der Waals surface area contributed by atoms with Crippen molar-refractivity contribution < 1.29 is 17.9 Å². The van der Waals surface area contributed by atoms with E-state index in [1.165, 1.54) is 0 Å². The SMILES string of the molecule is COc1ccccc1[C@H](C)NC(=O)CN(c1cccc(Br)c1)S(C)(=O)=O. The van der Waals surface area contributed by atoms with E-state index in [-0.39, 0.29) is 12.6 Å². The van der Waals surface area contributed by atoms with Gasteiger partial charge in [-0.3, -0.25) is 9.10 Å². The molecule has 1 N–H and O–H groups in total. The normalized spacial score (nSPS) is 12.3. The zero-order valence-corrected chi connectivity index (χ0v) is 17.2. The number of rotatable bonds is 7. The molecule has 0 radical (unpaired) electrons. The number of halogens is 1. The van der Waals surface area contributed by atoms with E-state index >= 15 is 0 Å². The van der Waals surface area contributed by atoms with Gasteiger partial charge < -0.3 is 10.1 Å². The van der Waals surface area contributed by atoms with Crippen LogP contribution in [0.2, 0.25) is 0 Å². The highest BCUT2D eigenvalue weighted by molar-refractivity contribution is 9.10. The Morgan fingerprint density at radius 1 is 1.23 bits per heavy atom. The third-order valence-electron chi connectivity index (χ3n) is 3.77. The first-order valence-corrected chi connectivity index (χ1v) is 10.5. The first kappa shape index (κ1) is 20.3. The number of carbonyl (C=O) groups excluding carboxylic acids is 1. The van der Waals surface area contributed by atoms with Gasteiger partial charge in [0.2, 0.25) is 15.9 Å². The third-order valence-corrected chi connectivity index (χ3v) is 5.40. The molecule has 1 amide bonds. The topological polar surface area (TPSA) is 75.7 Å². The molecule has 2 rings (SSSR count). The highest BCUT2D eigenvalue weighted by atomic mass is 79.9. The number of sulfonamides is 1. The lowest BCUT2D eigenvalue weighted by molar-refractivity contribution is -0.120. The molecule has 140 valence electrons. The Kier molecular flexibility index (Phi) is 6.66. The number of para-hydroxylation sites is 1. The smallest absolute Gasteiger partial charge is 0.241 e. The van der Waals surface area contributed by atoms with Crippen molar-refractivity contribution in [2.75, 3.05) is 24.2 Å². The van der Waals surface area contributed by atoms with Crippen LogP contribution >= 0.6 is 15.9 Å². The monoisotopic (exact) mass is 440 g/mol. The molecule has 2 aromatic rings. The molecule has 0 fully saturated rings. The van der Waals surface area contributed by atoms with Gasteiger partial charge in [-0.05, 0) is 31.2 Å². The molecule has 2 aromatic carbocycles. The number of ether oxygens (including phenoxy) is 1. The fourth-order valence-electron chi connectivity index (χ4n) is 2.55. The number of nitrogens with one attached hydrogen (secondary N) is 1. The van der Waals surface area contributed by atoms with E-state index in [1.807, 2.05) is 31.2 Å². The van der Waals surface area contributed by atoms with Gasteiger partial charge in [0.15, 0.2) is 0 Å². The molecule has 1 atom stereocenters. The standard InChI is InChI=1S/C18H21BrN2O4S/c1-13(16-9-4-5-10-17(16)25-2)20-18(22)12-21(26(3,23)24)15-8-6-7-14(19)11-15/h4-11,13H,12H2,1-3H3,(H,20,22)/t13-/m0/s1. The van der Waals surface area contributed by atoms with Crippen LogP contribution in [-0.4, -0.2) is 34.2 Å². The van der Waals surface area contributed by atoms with Crippen LogP contribution in [0.4, 0.5) is 5.69 Å². The molecule has 0 saturated heterocycles. The molecule has 0 spiro atoms. The average molecular weight is 441 g/mol. The summed E-state index contributed by atoms with van der Waals surface area (Å²) >= 11 is 3.31. The van der Waals surface area contributed by atoms with Gasteiger partial charge in [0.05, 0.1) is 25.1 Å². The van der Waals surface area contributed by atoms with Crippen LogP contribution in [0.3, 0.4) is 0 Å². The summed E-state index contributed by atoms with van der Waals surface area (Å²) in [6.07, 6.45) is 1.07. The number of anilines is 1. The number of nitrogens with zero attached hydrogens (tertiary/aromatic N) is 1. The maximum absolute atomic E-state index is 12.5. The molecule has 0 heterocycles. The Morgan fingerprint density at radius 2 is 1.92 bits per heavy atom. The van der Waals surface area contributed by atoms with Crippen LogP contribution in [0.1, 0.15) is 18.5 Å². The van der Waals surface area contributed by atoms with Gasteiger partial charge in [-0.15, -0.1) is 0 Å². The van der Waals surface area contributed by atoms with Crippen molar-refractivity contribution in [2.24, 2.45) is 0 Å². The zero-order valence-electron chi connectivity index (χ0n) is 14.8. The summed E-state index contributed by atoms with van der Waals surface area (Å²) in [6, 6.07) is 13.8. The van der Waals surface area contributed by atoms with Crippen LogP contribution in [0.15, 0.2) is 53.0 Å². The Labute approximate surface area is 162 Å². The minimum atomic E-state index is -3.62. The lowest BCUT2D eigenvalue weighted by atomic mass is 10.1. The number of methoxy groups -OCH3 is 1. The lowest BCUT2D eigenvalue weighted by Crippen LogP contribution is -2.41. The van der Waals surface area contributed by atoms with E-state index in [0.29, 0.717) is 11.4 Å². The van der Waals surface area contributed by atoms with Crippen molar-refractivity contribution in [3.05, 3.63) is 58.6 Å². The molecule has 8 heteroatoms. The lowest BCUT2D eigenvalue weighted by Gasteiger charge is -2.24. The Balaban J connectivity index is 2.17.